The van der Waals surface area contributed by atoms with Gasteiger partial charge in [-0.2, -0.15) is 0 Å². The highest BCUT2D eigenvalue weighted by Gasteiger charge is 2.14. The molecule has 0 unspecified atom stereocenters. The molecule has 0 saturated carbocycles. The molecule has 0 amide bonds. The standard InChI is InChI=1S/C24H27NO/c1-17-6-10-23(14-19(17)3)25(24-11-7-18(2)20(4)15-24)22-12-8-21(9-13-22)16-26-5/h6-15H,16H2,1-5H3. The number of methoxy groups -OCH3 is 1. The Bertz CT molecular complexity index is 845. The van der Waals surface area contributed by atoms with Crippen molar-refractivity contribution in [1.82, 2.24) is 0 Å². The van der Waals surface area contributed by atoms with E-state index in [1.807, 2.05) is 0 Å². The SMILES string of the molecule is COCc1ccc(N(c2ccc(C)c(C)c2)c2ccc(C)c(C)c2)cc1. The minimum absolute atomic E-state index is 0.632. The summed E-state index contributed by atoms with van der Waals surface area (Å²) in [7, 11) is 1.73. The van der Waals surface area contributed by atoms with Crippen molar-refractivity contribution >= 4 is 17.1 Å². The smallest absolute Gasteiger partial charge is 0.0713 e. The van der Waals surface area contributed by atoms with Gasteiger partial charge in [0.2, 0.25) is 0 Å². The first-order chi connectivity index (χ1) is 12.5. The number of benzene rings is 3. The van der Waals surface area contributed by atoms with Crippen molar-refractivity contribution in [2.45, 2.75) is 34.3 Å². The summed E-state index contributed by atoms with van der Waals surface area (Å²) < 4.78 is 5.24. The highest BCUT2D eigenvalue weighted by Crippen LogP contribution is 2.36. The third-order valence-corrected chi connectivity index (χ3v) is 5.00. The summed E-state index contributed by atoms with van der Waals surface area (Å²) in [6.45, 7) is 9.27. The molecule has 3 rings (SSSR count). The molecule has 0 bridgehead atoms. The van der Waals surface area contributed by atoms with Gasteiger partial charge in [0, 0.05) is 24.2 Å². The van der Waals surface area contributed by atoms with Crippen molar-refractivity contribution < 1.29 is 4.74 Å². The lowest BCUT2D eigenvalue weighted by Crippen LogP contribution is -2.11. The van der Waals surface area contributed by atoms with Crippen molar-refractivity contribution in [1.29, 1.82) is 0 Å². The molecule has 2 heteroatoms. The third kappa shape index (κ3) is 3.81. The Hall–Kier alpha value is -2.58. The number of rotatable bonds is 5. The normalized spacial score (nSPS) is 10.8. The summed E-state index contributed by atoms with van der Waals surface area (Å²) in [6, 6.07) is 21.9. The monoisotopic (exact) mass is 345 g/mol. The van der Waals surface area contributed by atoms with E-state index >= 15 is 0 Å². The maximum absolute atomic E-state index is 5.24. The highest BCUT2D eigenvalue weighted by atomic mass is 16.5. The fourth-order valence-electron chi connectivity index (χ4n) is 3.08. The van der Waals surface area contributed by atoms with Crippen LogP contribution in [0.25, 0.3) is 0 Å². The largest absolute Gasteiger partial charge is 0.380 e. The van der Waals surface area contributed by atoms with E-state index < -0.39 is 0 Å². The van der Waals surface area contributed by atoms with Gasteiger partial charge in [0.25, 0.3) is 0 Å². The van der Waals surface area contributed by atoms with Gasteiger partial charge in [-0.3, -0.25) is 0 Å². The zero-order valence-electron chi connectivity index (χ0n) is 16.3. The minimum atomic E-state index is 0.632. The maximum atomic E-state index is 5.24. The molecular weight excluding hydrogens is 318 g/mol. The van der Waals surface area contributed by atoms with Crippen LogP contribution in [0.5, 0.6) is 0 Å². The predicted octanol–water partition coefficient (Wildman–Crippen LogP) is 6.54. The average Bonchev–Trinajstić information content (AvgIpc) is 2.63. The molecule has 0 aromatic heterocycles. The van der Waals surface area contributed by atoms with Gasteiger partial charge >= 0.3 is 0 Å². The van der Waals surface area contributed by atoms with E-state index in [0.717, 1.165) is 5.69 Å². The van der Waals surface area contributed by atoms with Crippen molar-refractivity contribution in [3.63, 3.8) is 0 Å². The van der Waals surface area contributed by atoms with Crippen molar-refractivity contribution in [3.05, 3.63) is 88.5 Å². The van der Waals surface area contributed by atoms with E-state index in [-0.39, 0.29) is 0 Å². The van der Waals surface area contributed by atoms with Crippen LogP contribution in [0.3, 0.4) is 0 Å². The van der Waals surface area contributed by atoms with E-state index in [1.165, 1.54) is 39.2 Å². The summed E-state index contributed by atoms with van der Waals surface area (Å²) in [6.07, 6.45) is 0. The first kappa shape index (κ1) is 18.2. The van der Waals surface area contributed by atoms with Crippen molar-refractivity contribution in [3.8, 4) is 0 Å². The second-order valence-electron chi connectivity index (χ2n) is 6.97. The van der Waals surface area contributed by atoms with Crippen LogP contribution >= 0.6 is 0 Å². The molecule has 3 aromatic rings. The Labute approximate surface area is 157 Å². The fourth-order valence-corrected chi connectivity index (χ4v) is 3.08. The first-order valence-corrected chi connectivity index (χ1v) is 9.02. The summed E-state index contributed by atoms with van der Waals surface area (Å²) in [4.78, 5) is 2.31. The van der Waals surface area contributed by atoms with Crippen molar-refractivity contribution in [2.75, 3.05) is 12.0 Å². The van der Waals surface area contributed by atoms with Gasteiger partial charge < -0.3 is 9.64 Å². The lowest BCUT2D eigenvalue weighted by atomic mass is 10.1. The molecule has 0 spiro atoms. The predicted molar refractivity (Wildman–Crippen MR) is 111 cm³/mol. The molecular formula is C24H27NO. The molecule has 0 saturated heterocycles. The van der Waals surface area contributed by atoms with Crippen molar-refractivity contribution in [2.24, 2.45) is 0 Å². The zero-order valence-corrected chi connectivity index (χ0v) is 16.3. The fraction of sp³-hybridized carbons (Fsp3) is 0.250. The van der Waals surface area contributed by atoms with Crippen LogP contribution in [0.1, 0.15) is 27.8 Å². The summed E-state index contributed by atoms with van der Waals surface area (Å²) in [5.41, 5.74) is 9.90. The highest BCUT2D eigenvalue weighted by molar-refractivity contribution is 5.77. The Morgan fingerprint density at radius 2 is 1.08 bits per heavy atom. The molecule has 0 aliphatic heterocycles. The molecule has 0 heterocycles. The van der Waals surface area contributed by atoms with Gasteiger partial charge in [-0.15, -0.1) is 0 Å². The molecule has 0 N–H and O–H groups in total. The van der Waals surface area contributed by atoms with Gasteiger partial charge in [-0.25, -0.2) is 0 Å². The summed E-state index contributed by atoms with van der Waals surface area (Å²) >= 11 is 0. The van der Waals surface area contributed by atoms with E-state index in [4.69, 9.17) is 4.74 Å². The van der Waals surface area contributed by atoms with E-state index in [0.29, 0.717) is 6.61 Å². The van der Waals surface area contributed by atoms with E-state index in [9.17, 15) is 0 Å². The van der Waals surface area contributed by atoms with Crippen LogP contribution in [0.15, 0.2) is 60.7 Å². The molecule has 26 heavy (non-hydrogen) atoms. The topological polar surface area (TPSA) is 12.5 Å². The number of hydrogen-bond donors (Lipinski definition) is 0. The van der Waals surface area contributed by atoms with E-state index in [1.54, 1.807) is 7.11 Å². The van der Waals surface area contributed by atoms with E-state index in [2.05, 4.69) is 93.3 Å². The van der Waals surface area contributed by atoms with Crippen LogP contribution in [0.2, 0.25) is 0 Å². The van der Waals surface area contributed by atoms with Gasteiger partial charge in [0.15, 0.2) is 0 Å². The zero-order chi connectivity index (χ0) is 18.7. The molecule has 3 aromatic carbocycles. The lowest BCUT2D eigenvalue weighted by Gasteiger charge is -2.27. The third-order valence-electron chi connectivity index (χ3n) is 5.00. The Morgan fingerprint density at radius 3 is 1.50 bits per heavy atom. The summed E-state index contributed by atoms with van der Waals surface area (Å²) in [5.74, 6) is 0. The van der Waals surface area contributed by atoms with Gasteiger partial charge in [0.1, 0.15) is 0 Å². The van der Waals surface area contributed by atoms with Gasteiger partial charge in [-0.1, -0.05) is 24.3 Å². The molecule has 134 valence electrons. The minimum Gasteiger partial charge on any atom is -0.380 e. The first-order valence-electron chi connectivity index (χ1n) is 9.02. The maximum Gasteiger partial charge on any atom is 0.0713 e. The van der Waals surface area contributed by atoms with Gasteiger partial charge in [-0.05, 0) is 91.9 Å². The molecule has 0 radical (unpaired) electrons. The van der Waals surface area contributed by atoms with Gasteiger partial charge in [0.05, 0.1) is 6.61 Å². The van der Waals surface area contributed by atoms with Crippen LogP contribution < -0.4 is 4.90 Å². The Morgan fingerprint density at radius 1 is 0.615 bits per heavy atom. The molecule has 0 aliphatic rings. The van der Waals surface area contributed by atoms with Crippen LogP contribution in [-0.4, -0.2) is 7.11 Å². The second kappa shape index (κ2) is 7.76. The molecule has 0 aliphatic carbocycles. The van der Waals surface area contributed by atoms with Crippen LogP contribution in [0, 0.1) is 27.7 Å². The Balaban J connectivity index is 2.11. The number of hydrogen-bond acceptors (Lipinski definition) is 2. The molecule has 2 nitrogen and oxygen atoms in total. The molecule has 0 fully saturated rings. The second-order valence-corrected chi connectivity index (χ2v) is 6.97. The van der Waals surface area contributed by atoms with Crippen LogP contribution in [0.4, 0.5) is 17.1 Å². The van der Waals surface area contributed by atoms with Crippen LogP contribution in [-0.2, 0) is 11.3 Å². The molecule has 0 atom stereocenters. The number of aryl methyl sites for hydroxylation is 4. The quantitative estimate of drug-likeness (QED) is 0.521. The number of ether oxygens (including phenoxy) is 1. The lowest BCUT2D eigenvalue weighted by molar-refractivity contribution is 0.185. The summed E-state index contributed by atoms with van der Waals surface area (Å²) in [5, 5.41) is 0. The number of anilines is 3. The Kier molecular flexibility index (Phi) is 5.43. The average molecular weight is 345 g/mol. The number of nitrogens with zero attached hydrogens (tertiary/aromatic N) is 1.